The fourth-order valence-corrected chi connectivity index (χ4v) is 0.865. The number of hydrogen-bond donors (Lipinski definition) is 0. The van der Waals surface area contributed by atoms with Gasteiger partial charge in [0.05, 0.1) is 18.8 Å². The summed E-state index contributed by atoms with van der Waals surface area (Å²) in [6.45, 7) is 5.45. The fraction of sp³-hybridized carbons (Fsp3) is 0.250. The van der Waals surface area contributed by atoms with E-state index in [0.717, 1.165) is 0 Å². The Labute approximate surface area is 106 Å². The summed E-state index contributed by atoms with van der Waals surface area (Å²) in [6, 6.07) is 0.298. The van der Waals surface area contributed by atoms with Crippen LogP contribution in [0.2, 0.25) is 0 Å². The molecule has 1 heterocycles. The van der Waals surface area contributed by atoms with Crippen LogP contribution in [-0.2, 0) is 0 Å². The highest BCUT2D eigenvalue weighted by molar-refractivity contribution is 5.11. The van der Waals surface area contributed by atoms with Crippen molar-refractivity contribution in [3.8, 4) is 18.0 Å². The van der Waals surface area contributed by atoms with Gasteiger partial charge in [-0.2, -0.15) is 0 Å². The van der Waals surface area contributed by atoms with Crippen LogP contribution in [0.1, 0.15) is 20.8 Å². The molecule has 0 saturated heterocycles. The van der Waals surface area contributed by atoms with Crippen molar-refractivity contribution in [1.82, 2.24) is 15.0 Å². The van der Waals surface area contributed by atoms with Crippen molar-refractivity contribution in [1.29, 1.82) is 0 Å². The van der Waals surface area contributed by atoms with Gasteiger partial charge in [-0.25, -0.2) is 0 Å². The van der Waals surface area contributed by atoms with Crippen LogP contribution < -0.4 is 14.2 Å². The lowest BCUT2D eigenvalue weighted by atomic mass is 10.7. The number of allylic oxidation sites excluding steroid dienone is 3. The summed E-state index contributed by atoms with van der Waals surface area (Å²) in [6.07, 6.45) is 9.49. The number of ether oxygens (including phenoxy) is 3. The molecule has 0 fully saturated rings. The van der Waals surface area contributed by atoms with Gasteiger partial charge >= 0.3 is 18.0 Å². The van der Waals surface area contributed by atoms with Gasteiger partial charge in [-0.3, -0.25) is 0 Å². The summed E-state index contributed by atoms with van der Waals surface area (Å²) in [5.41, 5.74) is 0. The lowest BCUT2D eigenvalue weighted by Gasteiger charge is -2.03. The average molecular weight is 249 g/mol. The molecular weight excluding hydrogens is 234 g/mol. The summed E-state index contributed by atoms with van der Waals surface area (Å²) in [7, 11) is 0. The van der Waals surface area contributed by atoms with Gasteiger partial charge < -0.3 is 14.2 Å². The number of hydrogen-bond acceptors (Lipinski definition) is 6. The molecule has 1 aromatic heterocycles. The molecule has 0 unspecified atom stereocenters. The predicted octanol–water partition coefficient (Wildman–Crippen LogP) is 2.61. The quantitative estimate of drug-likeness (QED) is 0.722. The van der Waals surface area contributed by atoms with Gasteiger partial charge in [-0.1, -0.05) is 18.2 Å². The first-order valence-electron chi connectivity index (χ1n) is 5.39. The molecule has 0 aromatic carbocycles. The van der Waals surface area contributed by atoms with E-state index in [9.17, 15) is 0 Å². The second-order valence-electron chi connectivity index (χ2n) is 2.94. The van der Waals surface area contributed by atoms with Crippen LogP contribution in [0.15, 0.2) is 37.0 Å². The van der Waals surface area contributed by atoms with E-state index in [-0.39, 0.29) is 18.0 Å². The van der Waals surface area contributed by atoms with Gasteiger partial charge in [0.25, 0.3) is 0 Å². The highest BCUT2D eigenvalue weighted by Gasteiger charge is 2.07. The summed E-state index contributed by atoms with van der Waals surface area (Å²) in [5, 5.41) is 0. The molecule has 0 saturated carbocycles. The average Bonchev–Trinajstić information content (AvgIpc) is 2.40. The van der Waals surface area contributed by atoms with Crippen LogP contribution in [0.25, 0.3) is 0 Å². The molecule has 0 radical (unpaired) electrons. The molecule has 0 bridgehead atoms. The third kappa shape index (κ3) is 4.65. The zero-order chi connectivity index (χ0) is 13.2. The maximum Gasteiger partial charge on any atom is 0.330 e. The molecule has 0 N–H and O–H groups in total. The standard InChI is InChI=1S/C12H15N3O3/c1-4-7-16-10-13-11(17-8-5-2)15-12(14-10)18-9-6-3/h4-9H,1-3H3/b7-4+,8-5+,9-6+. The molecule has 1 aromatic rings. The van der Waals surface area contributed by atoms with Crippen LogP contribution in [0, 0.1) is 0 Å². The molecule has 0 aliphatic heterocycles. The van der Waals surface area contributed by atoms with E-state index in [1.54, 1.807) is 18.2 Å². The van der Waals surface area contributed by atoms with Crippen LogP contribution in [0.5, 0.6) is 18.0 Å². The second kappa shape index (κ2) is 7.83. The summed E-state index contributed by atoms with van der Waals surface area (Å²) in [5.74, 6) is 0. The molecular formula is C12H15N3O3. The Morgan fingerprint density at radius 1 is 0.611 bits per heavy atom. The molecule has 1 rings (SSSR count). The number of rotatable bonds is 6. The maximum absolute atomic E-state index is 5.15. The first-order valence-corrected chi connectivity index (χ1v) is 5.39. The van der Waals surface area contributed by atoms with Crippen molar-refractivity contribution in [3.63, 3.8) is 0 Å². The Morgan fingerprint density at radius 3 is 1.11 bits per heavy atom. The normalized spacial score (nSPS) is 11.5. The van der Waals surface area contributed by atoms with Gasteiger partial charge in [0.15, 0.2) is 0 Å². The third-order valence-electron chi connectivity index (χ3n) is 1.50. The highest BCUT2D eigenvalue weighted by Crippen LogP contribution is 2.15. The van der Waals surface area contributed by atoms with E-state index < -0.39 is 0 Å². The smallest absolute Gasteiger partial charge is 0.330 e. The van der Waals surface area contributed by atoms with Crippen molar-refractivity contribution in [2.24, 2.45) is 0 Å². The Kier molecular flexibility index (Phi) is 5.96. The summed E-state index contributed by atoms with van der Waals surface area (Å²) >= 11 is 0. The topological polar surface area (TPSA) is 66.4 Å². The molecule has 96 valence electrons. The van der Waals surface area contributed by atoms with Gasteiger partial charge in [0, 0.05) is 0 Å². The molecule has 0 aliphatic rings. The second-order valence-corrected chi connectivity index (χ2v) is 2.94. The van der Waals surface area contributed by atoms with Crippen LogP contribution >= 0.6 is 0 Å². The molecule has 6 nitrogen and oxygen atoms in total. The number of aromatic nitrogens is 3. The lowest BCUT2D eigenvalue weighted by molar-refractivity contribution is 0.359. The molecule has 0 amide bonds. The minimum atomic E-state index is 0.0992. The molecule has 6 heteroatoms. The van der Waals surface area contributed by atoms with Gasteiger partial charge in [-0.05, 0) is 20.8 Å². The molecule has 0 atom stereocenters. The van der Waals surface area contributed by atoms with E-state index in [1.807, 2.05) is 20.8 Å². The van der Waals surface area contributed by atoms with E-state index in [1.165, 1.54) is 18.8 Å². The minimum absolute atomic E-state index is 0.0992. The van der Waals surface area contributed by atoms with Crippen molar-refractivity contribution in [2.75, 3.05) is 0 Å². The Hall–Kier alpha value is -2.37. The van der Waals surface area contributed by atoms with E-state index in [4.69, 9.17) is 14.2 Å². The first kappa shape index (κ1) is 13.7. The van der Waals surface area contributed by atoms with Crippen molar-refractivity contribution >= 4 is 0 Å². The van der Waals surface area contributed by atoms with Crippen LogP contribution in [0.3, 0.4) is 0 Å². The van der Waals surface area contributed by atoms with Crippen molar-refractivity contribution < 1.29 is 14.2 Å². The largest absolute Gasteiger partial charge is 0.432 e. The molecule has 0 spiro atoms. The third-order valence-corrected chi connectivity index (χ3v) is 1.50. The maximum atomic E-state index is 5.15. The van der Waals surface area contributed by atoms with E-state index >= 15 is 0 Å². The Morgan fingerprint density at radius 2 is 0.889 bits per heavy atom. The van der Waals surface area contributed by atoms with Crippen molar-refractivity contribution in [2.45, 2.75) is 20.8 Å². The Bertz CT molecular complexity index is 377. The van der Waals surface area contributed by atoms with Gasteiger partial charge in [-0.15, -0.1) is 15.0 Å². The van der Waals surface area contributed by atoms with Gasteiger partial charge in [0.2, 0.25) is 0 Å². The monoisotopic (exact) mass is 249 g/mol. The first-order chi connectivity index (χ1) is 8.80. The highest BCUT2D eigenvalue weighted by atomic mass is 16.5. The minimum Gasteiger partial charge on any atom is -0.432 e. The van der Waals surface area contributed by atoms with Crippen LogP contribution in [-0.4, -0.2) is 15.0 Å². The fourth-order valence-electron chi connectivity index (χ4n) is 0.865. The SMILES string of the molecule is C/C=C/Oc1nc(O/C=C/C)nc(O/C=C/C)n1. The van der Waals surface area contributed by atoms with Crippen LogP contribution in [0.4, 0.5) is 0 Å². The zero-order valence-corrected chi connectivity index (χ0v) is 10.5. The summed E-state index contributed by atoms with van der Waals surface area (Å²) in [4.78, 5) is 11.8. The lowest BCUT2D eigenvalue weighted by Crippen LogP contribution is -2.00. The zero-order valence-electron chi connectivity index (χ0n) is 10.5. The van der Waals surface area contributed by atoms with E-state index in [2.05, 4.69) is 15.0 Å². The van der Waals surface area contributed by atoms with Gasteiger partial charge in [0.1, 0.15) is 0 Å². The van der Waals surface area contributed by atoms with Crippen molar-refractivity contribution in [3.05, 3.63) is 37.0 Å². The predicted molar refractivity (Wildman–Crippen MR) is 66.2 cm³/mol. The summed E-state index contributed by atoms with van der Waals surface area (Å²) < 4.78 is 15.4. The number of nitrogens with zero attached hydrogens (tertiary/aromatic N) is 3. The molecule has 0 aliphatic carbocycles. The molecule has 18 heavy (non-hydrogen) atoms. The van der Waals surface area contributed by atoms with E-state index in [0.29, 0.717) is 0 Å². The Balaban J connectivity index is 2.94.